The zero-order valence-corrected chi connectivity index (χ0v) is 12.1. The molecular weight excluding hydrogens is 352 g/mol. The summed E-state index contributed by atoms with van der Waals surface area (Å²) in [5, 5.41) is 0. The highest BCUT2D eigenvalue weighted by atomic mass is 127. The van der Waals surface area contributed by atoms with Gasteiger partial charge in [0, 0.05) is 0 Å². The second-order valence-electron chi connectivity index (χ2n) is 3.68. The van der Waals surface area contributed by atoms with Crippen LogP contribution in [0.1, 0.15) is 11.1 Å². The number of alkyl halides is 3. The van der Waals surface area contributed by atoms with E-state index in [1.54, 1.807) is 22.6 Å². The van der Waals surface area contributed by atoms with Crippen molar-refractivity contribution in [2.24, 2.45) is 0 Å². The molecule has 0 aliphatic heterocycles. The molecule has 2 aromatic rings. The highest BCUT2D eigenvalue weighted by molar-refractivity contribution is 5.17. The number of aryl methyl sites for hydroxylation is 1. The van der Waals surface area contributed by atoms with Gasteiger partial charge in [-0.3, -0.25) is 0 Å². The van der Waals surface area contributed by atoms with Crippen molar-refractivity contribution in [2.45, 2.75) is 13.1 Å². The first-order chi connectivity index (χ1) is 8.39. The maximum Gasteiger partial charge on any atom is 0.416 e. The van der Waals surface area contributed by atoms with E-state index in [4.69, 9.17) is 0 Å². The molecule has 0 spiro atoms. The van der Waals surface area contributed by atoms with E-state index in [0.29, 0.717) is 0 Å². The normalized spacial score (nSPS) is 10.5. The summed E-state index contributed by atoms with van der Waals surface area (Å²) < 4.78 is 36.6. The monoisotopic (exact) mass is 365 g/mol. The molecule has 0 heterocycles. The summed E-state index contributed by atoms with van der Waals surface area (Å²) >= 11 is 1.68. The summed E-state index contributed by atoms with van der Waals surface area (Å²) in [4.78, 5) is 0. The molecule has 0 bridgehead atoms. The van der Waals surface area contributed by atoms with Crippen LogP contribution in [-0.2, 0) is 6.18 Å². The minimum Gasteiger partial charge on any atom is -0.166 e. The van der Waals surface area contributed by atoms with E-state index in [1.165, 1.54) is 17.7 Å². The Balaban J connectivity index is 0.000000199. The molecular formula is C14H13F3I+. The number of benzene rings is 2. The third kappa shape index (κ3) is 5.53. The fraction of sp³-hybridized carbons (Fsp3) is 0.143. The predicted molar refractivity (Wildman–Crippen MR) is 62.7 cm³/mol. The van der Waals surface area contributed by atoms with Gasteiger partial charge in [-0.1, -0.05) is 35.9 Å². The third-order valence-corrected chi connectivity index (χ3v) is 2.90. The van der Waals surface area contributed by atoms with E-state index in [2.05, 4.69) is 19.1 Å². The Labute approximate surface area is 118 Å². The van der Waals surface area contributed by atoms with Crippen LogP contribution in [0.4, 0.5) is 13.2 Å². The molecule has 0 unspecified atom stereocenters. The lowest BCUT2D eigenvalue weighted by atomic mass is 10.2. The van der Waals surface area contributed by atoms with Crippen molar-refractivity contribution in [2.75, 3.05) is 0 Å². The Morgan fingerprint density at radius 1 is 0.833 bits per heavy atom. The van der Waals surface area contributed by atoms with Crippen molar-refractivity contribution < 1.29 is 35.8 Å². The van der Waals surface area contributed by atoms with Crippen molar-refractivity contribution in [3.8, 4) is 0 Å². The standard InChI is InChI=1S/C7H5F3I.C7H8/c8-7(9,10)5-1-3-6(11)4-2-5;1-7-5-3-2-4-6-7/h1-4,11H;2-6H,1H3/q+1;. The molecule has 18 heavy (non-hydrogen) atoms. The summed E-state index contributed by atoms with van der Waals surface area (Å²) in [5.74, 6) is 0. The molecule has 96 valence electrons. The number of halogens is 4. The van der Waals surface area contributed by atoms with Crippen LogP contribution in [0.2, 0.25) is 0 Å². The average Bonchev–Trinajstić information content (AvgIpc) is 2.30. The molecule has 0 amide bonds. The van der Waals surface area contributed by atoms with Crippen molar-refractivity contribution in [3.63, 3.8) is 0 Å². The Hall–Kier alpha value is -1.04. The van der Waals surface area contributed by atoms with Gasteiger partial charge in [0.05, 0.1) is 5.56 Å². The van der Waals surface area contributed by atoms with Crippen molar-refractivity contribution in [1.29, 1.82) is 0 Å². The lowest BCUT2D eigenvalue weighted by Crippen LogP contribution is -3.34. The Kier molecular flexibility index (Phi) is 5.65. The molecule has 0 atom stereocenters. The number of rotatable bonds is 0. The zero-order chi connectivity index (χ0) is 13.6. The van der Waals surface area contributed by atoms with Gasteiger partial charge < -0.3 is 0 Å². The Morgan fingerprint density at radius 3 is 1.67 bits per heavy atom. The van der Waals surface area contributed by atoms with Crippen LogP contribution >= 0.6 is 0 Å². The van der Waals surface area contributed by atoms with Gasteiger partial charge in [0.15, 0.2) is 3.57 Å². The Morgan fingerprint density at radius 2 is 1.33 bits per heavy atom. The van der Waals surface area contributed by atoms with Gasteiger partial charge in [0.25, 0.3) is 22.6 Å². The lowest BCUT2D eigenvalue weighted by molar-refractivity contribution is -0.328. The summed E-state index contributed by atoms with van der Waals surface area (Å²) in [6.07, 6.45) is -4.21. The maximum absolute atomic E-state index is 11.9. The van der Waals surface area contributed by atoms with E-state index in [-0.39, 0.29) is 0 Å². The van der Waals surface area contributed by atoms with Gasteiger partial charge in [-0.05, 0) is 31.2 Å². The smallest absolute Gasteiger partial charge is 0.166 e. The van der Waals surface area contributed by atoms with Crippen molar-refractivity contribution in [1.82, 2.24) is 0 Å². The first-order valence-electron chi connectivity index (χ1n) is 5.25. The minimum atomic E-state index is -4.21. The first-order valence-corrected chi connectivity index (χ1v) is 6.42. The minimum absolute atomic E-state index is 0.593. The average molecular weight is 365 g/mol. The summed E-state index contributed by atoms with van der Waals surface area (Å²) in [5.41, 5.74) is 0.729. The lowest BCUT2D eigenvalue weighted by Gasteiger charge is -2.03. The molecule has 0 fully saturated rings. The number of hydrogen-bond donors (Lipinski definition) is 0. The first kappa shape index (κ1) is 15.0. The molecule has 2 rings (SSSR count). The fourth-order valence-electron chi connectivity index (χ4n) is 1.18. The second-order valence-corrected chi connectivity index (χ2v) is 5.02. The topological polar surface area (TPSA) is 0 Å². The molecule has 0 aliphatic carbocycles. The van der Waals surface area contributed by atoms with Gasteiger partial charge >= 0.3 is 6.18 Å². The van der Waals surface area contributed by atoms with Crippen LogP contribution in [0, 0.1) is 10.5 Å². The summed E-state index contributed by atoms with van der Waals surface area (Å²) in [6.45, 7) is 2.08. The van der Waals surface area contributed by atoms with Crippen LogP contribution in [0.5, 0.6) is 0 Å². The molecule has 4 heteroatoms. The fourth-order valence-corrected chi connectivity index (χ4v) is 1.57. The second kappa shape index (κ2) is 6.78. The SMILES string of the molecule is Cc1ccccc1.FC(F)(F)c1ccc([IH+])cc1. The van der Waals surface area contributed by atoms with E-state index < -0.39 is 11.7 Å². The molecule has 0 aromatic heterocycles. The van der Waals surface area contributed by atoms with E-state index in [1.807, 2.05) is 18.2 Å². The van der Waals surface area contributed by atoms with Crippen LogP contribution in [0.3, 0.4) is 0 Å². The molecule has 0 nitrogen and oxygen atoms in total. The van der Waals surface area contributed by atoms with Crippen LogP contribution in [0.25, 0.3) is 0 Å². The maximum atomic E-state index is 11.9. The van der Waals surface area contributed by atoms with Crippen molar-refractivity contribution in [3.05, 3.63) is 69.3 Å². The summed E-state index contributed by atoms with van der Waals surface area (Å²) in [7, 11) is 0. The van der Waals surface area contributed by atoms with Crippen LogP contribution in [0.15, 0.2) is 54.6 Å². The quantitative estimate of drug-likeness (QED) is 0.615. The predicted octanol–water partition coefficient (Wildman–Crippen LogP) is 1.16. The highest BCUT2D eigenvalue weighted by Crippen LogP contribution is 2.28. The molecule has 0 N–H and O–H groups in total. The molecule has 2 aromatic carbocycles. The van der Waals surface area contributed by atoms with Gasteiger partial charge in [-0.15, -0.1) is 0 Å². The van der Waals surface area contributed by atoms with Crippen LogP contribution in [-0.4, -0.2) is 0 Å². The van der Waals surface area contributed by atoms with Crippen LogP contribution < -0.4 is 22.6 Å². The molecule has 0 saturated heterocycles. The van der Waals surface area contributed by atoms with E-state index >= 15 is 0 Å². The van der Waals surface area contributed by atoms with Gasteiger partial charge in [0.2, 0.25) is 0 Å². The molecule has 0 saturated carbocycles. The Bertz CT molecular complexity index is 461. The third-order valence-electron chi connectivity index (χ3n) is 2.12. The zero-order valence-electron chi connectivity index (χ0n) is 9.74. The highest BCUT2D eigenvalue weighted by Gasteiger charge is 2.30. The molecule has 0 aliphatic rings. The largest absolute Gasteiger partial charge is 0.416 e. The van der Waals surface area contributed by atoms with Gasteiger partial charge in [0.1, 0.15) is 0 Å². The van der Waals surface area contributed by atoms with E-state index in [9.17, 15) is 13.2 Å². The van der Waals surface area contributed by atoms with Crippen molar-refractivity contribution >= 4 is 0 Å². The molecule has 0 radical (unpaired) electrons. The van der Waals surface area contributed by atoms with Gasteiger partial charge in [-0.25, -0.2) is 0 Å². The number of hydrogen-bond acceptors (Lipinski definition) is 0. The van der Waals surface area contributed by atoms with Gasteiger partial charge in [-0.2, -0.15) is 13.2 Å². The summed E-state index contributed by atoms with van der Waals surface area (Å²) in [6, 6.07) is 15.3. The van der Waals surface area contributed by atoms with E-state index in [0.717, 1.165) is 15.7 Å².